The average Bonchev–Trinajstić information content (AvgIpc) is 2.88. The molecule has 0 saturated heterocycles. The van der Waals surface area contributed by atoms with E-state index in [-0.39, 0.29) is 11.8 Å². The lowest BCUT2D eigenvalue weighted by Gasteiger charge is -2.16. The molecule has 1 N–H and O–H groups in total. The number of rotatable bonds is 7. The van der Waals surface area contributed by atoms with Gasteiger partial charge in [0.1, 0.15) is 9.84 Å². The molecule has 1 heterocycles. The number of nitrogens with one attached hydrogen (secondary N) is 1. The molecule has 1 aromatic rings. The molecule has 1 atom stereocenters. The molecule has 0 amide bonds. The van der Waals surface area contributed by atoms with E-state index in [1.807, 2.05) is 11.3 Å². The summed E-state index contributed by atoms with van der Waals surface area (Å²) in [7, 11) is -2.88. The first-order valence-electron chi connectivity index (χ1n) is 7.02. The van der Waals surface area contributed by atoms with Gasteiger partial charge in [0, 0.05) is 22.1 Å². The van der Waals surface area contributed by atoms with E-state index >= 15 is 0 Å². The highest BCUT2D eigenvalue weighted by molar-refractivity contribution is 7.90. The van der Waals surface area contributed by atoms with Crippen molar-refractivity contribution >= 4 is 21.2 Å². The van der Waals surface area contributed by atoms with Gasteiger partial charge in [-0.25, -0.2) is 8.42 Å². The van der Waals surface area contributed by atoms with Crippen LogP contribution in [-0.2, 0) is 22.7 Å². The van der Waals surface area contributed by atoms with E-state index in [1.54, 1.807) is 0 Å². The van der Waals surface area contributed by atoms with E-state index in [1.165, 1.54) is 40.8 Å². The highest BCUT2D eigenvalue weighted by atomic mass is 32.2. The molecule has 0 spiro atoms. The van der Waals surface area contributed by atoms with Gasteiger partial charge >= 0.3 is 0 Å². The molecule has 1 aliphatic rings. The van der Waals surface area contributed by atoms with Crippen LogP contribution in [-0.4, -0.2) is 27.0 Å². The fourth-order valence-corrected chi connectivity index (χ4v) is 4.55. The van der Waals surface area contributed by atoms with Crippen LogP contribution in [0.5, 0.6) is 0 Å². The van der Waals surface area contributed by atoms with Crippen molar-refractivity contribution in [3.8, 4) is 0 Å². The Labute approximate surface area is 120 Å². The lowest BCUT2D eigenvalue weighted by molar-refractivity contribution is 0.520. The normalized spacial score (nSPS) is 16.5. The Kier molecular flexibility index (Phi) is 5.03. The van der Waals surface area contributed by atoms with Crippen molar-refractivity contribution in [2.24, 2.45) is 0 Å². The van der Waals surface area contributed by atoms with Gasteiger partial charge in [-0.1, -0.05) is 6.92 Å². The van der Waals surface area contributed by atoms with Crippen LogP contribution in [0.15, 0.2) is 6.07 Å². The van der Waals surface area contributed by atoms with Crippen LogP contribution in [0.2, 0.25) is 0 Å². The summed E-state index contributed by atoms with van der Waals surface area (Å²) in [6.07, 6.45) is 6.74. The number of sulfone groups is 1. The summed E-state index contributed by atoms with van der Waals surface area (Å²) in [6.45, 7) is 3.08. The van der Waals surface area contributed by atoms with Gasteiger partial charge in [0.2, 0.25) is 0 Å². The Hall–Kier alpha value is -0.390. The standard InChI is InChI=1S/C14H23NO2S2/c1-3-8-15-12(7-9-19(2,16)17)14-10-11-5-4-6-13(11)18-14/h10,12,15H,3-9H2,1-2H3. The number of fused-ring (bicyclic) bond motifs is 1. The van der Waals surface area contributed by atoms with Crippen LogP contribution in [0, 0.1) is 0 Å². The van der Waals surface area contributed by atoms with Crippen LogP contribution < -0.4 is 5.32 Å². The topological polar surface area (TPSA) is 46.2 Å². The molecule has 0 bridgehead atoms. The van der Waals surface area contributed by atoms with E-state index in [9.17, 15) is 8.42 Å². The van der Waals surface area contributed by atoms with Gasteiger partial charge in [0.05, 0.1) is 5.75 Å². The molecule has 108 valence electrons. The minimum Gasteiger partial charge on any atom is -0.309 e. The third-order valence-corrected chi connectivity index (χ3v) is 5.86. The van der Waals surface area contributed by atoms with Crippen molar-refractivity contribution in [2.45, 2.75) is 45.1 Å². The lowest BCUT2D eigenvalue weighted by atomic mass is 10.1. The monoisotopic (exact) mass is 301 g/mol. The van der Waals surface area contributed by atoms with Crippen LogP contribution in [0.1, 0.15) is 47.5 Å². The van der Waals surface area contributed by atoms with E-state index in [2.05, 4.69) is 18.3 Å². The van der Waals surface area contributed by atoms with E-state index in [0.29, 0.717) is 6.42 Å². The molecule has 1 unspecified atom stereocenters. The zero-order valence-electron chi connectivity index (χ0n) is 11.7. The first-order valence-corrected chi connectivity index (χ1v) is 9.90. The summed E-state index contributed by atoms with van der Waals surface area (Å²) in [6, 6.07) is 2.49. The fourth-order valence-electron chi connectivity index (χ4n) is 2.52. The molecule has 0 fully saturated rings. The quantitative estimate of drug-likeness (QED) is 0.842. The highest BCUT2D eigenvalue weighted by Crippen LogP contribution is 2.34. The Morgan fingerprint density at radius 2 is 2.21 bits per heavy atom. The molecule has 0 saturated carbocycles. The second-order valence-electron chi connectivity index (χ2n) is 5.38. The SMILES string of the molecule is CCCNC(CCS(C)(=O)=O)c1cc2c(s1)CCC2. The van der Waals surface area contributed by atoms with E-state index in [4.69, 9.17) is 0 Å². The molecule has 0 radical (unpaired) electrons. The molecule has 0 aromatic carbocycles. The van der Waals surface area contributed by atoms with Crippen molar-refractivity contribution in [1.82, 2.24) is 5.32 Å². The first kappa shape index (κ1) is 15.0. The van der Waals surface area contributed by atoms with Gasteiger partial charge in [-0.15, -0.1) is 11.3 Å². The Balaban J connectivity index is 2.07. The maximum absolute atomic E-state index is 11.4. The summed E-state index contributed by atoms with van der Waals surface area (Å²) in [5.41, 5.74) is 1.49. The molecule has 19 heavy (non-hydrogen) atoms. The number of hydrogen-bond donors (Lipinski definition) is 1. The molecular formula is C14H23NO2S2. The van der Waals surface area contributed by atoms with Gasteiger partial charge < -0.3 is 5.32 Å². The van der Waals surface area contributed by atoms with Crippen LogP contribution >= 0.6 is 11.3 Å². The van der Waals surface area contributed by atoms with E-state index < -0.39 is 9.84 Å². The van der Waals surface area contributed by atoms with Gasteiger partial charge in [0.25, 0.3) is 0 Å². The predicted molar refractivity (Wildman–Crippen MR) is 81.7 cm³/mol. The molecule has 5 heteroatoms. The smallest absolute Gasteiger partial charge is 0.147 e. The predicted octanol–water partition coefficient (Wildman–Crippen LogP) is 2.71. The molecule has 1 aromatic heterocycles. The molecule has 0 aliphatic heterocycles. The van der Waals surface area contributed by atoms with Crippen molar-refractivity contribution in [3.05, 3.63) is 21.4 Å². The number of hydrogen-bond acceptors (Lipinski definition) is 4. The van der Waals surface area contributed by atoms with Gasteiger partial charge in [-0.3, -0.25) is 0 Å². The van der Waals surface area contributed by atoms with Gasteiger partial charge in [-0.05, 0) is 50.3 Å². The minimum atomic E-state index is -2.88. The van der Waals surface area contributed by atoms with Crippen molar-refractivity contribution in [1.29, 1.82) is 0 Å². The molecule has 1 aliphatic carbocycles. The Bertz CT molecular complexity index is 498. The van der Waals surface area contributed by atoms with Crippen LogP contribution in [0.25, 0.3) is 0 Å². The van der Waals surface area contributed by atoms with Crippen LogP contribution in [0.4, 0.5) is 0 Å². The summed E-state index contributed by atoms with van der Waals surface area (Å²) in [5, 5.41) is 3.49. The second-order valence-corrected chi connectivity index (χ2v) is 8.80. The Morgan fingerprint density at radius 3 is 2.84 bits per heavy atom. The summed E-state index contributed by atoms with van der Waals surface area (Å²) >= 11 is 1.87. The van der Waals surface area contributed by atoms with Crippen molar-refractivity contribution < 1.29 is 8.42 Å². The maximum Gasteiger partial charge on any atom is 0.147 e. The minimum absolute atomic E-state index is 0.199. The fraction of sp³-hybridized carbons (Fsp3) is 0.714. The second kappa shape index (κ2) is 6.37. The van der Waals surface area contributed by atoms with Crippen LogP contribution in [0.3, 0.4) is 0 Å². The summed E-state index contributed by atoms with van der Waals surface area (Å²) in [4.78, 5) is 2.83. The molecular weight excluding hydrogens is 278 g/mol. The maximum atomic E-state index is 11.4. The average molecular weight is 301 g/mol. The molecule has 2 rings (SSSR count). The third-order valence-electron chi connectivity index (χ3n) is 3.53. The first-order chi connectivity index (χ1) is 8.99. The Morgan fingerprint density at radius 1 is 1.42 bits per heavy atom. The zero-order valence-corrected chi connectivity index (χ0v) is 13.4. The lowest BCUT2D eigenvalue weighted by Crippen LogP contribution is -2.23. The van der Waals surface area contributed by atoms with Gasteiger partial charge in [0.15, 0.2) is 0 Å². The van der Waals surface area contributed by atoms with Crippen molar-refractivity contribution in [2.75, 3.05) is 18.6 Å². The summed E-state index contributed by atoms with van der Waals surface area (Å²) < 4.78 is 22.7. The number of aryl methyl sites for hydroxylation is 2. The molecule has 3 nitrogen and oxygen atoms in total. The van der Waals surface area contributed by atoms with E-state index in [0.717, 1.165) is 13.0 Å². The largest absolute Gasteiger partial charge is 0.309 e. The number of thiophene rings is 1. The third kappa shape index (κ3) is 4.29. The zero-order chi connectivity index (χ0) is 13.9. The summed E-state index contributed by atoms with van der Waals surface area (Å²) in [5.74, 6) is 0.261. The highest BCUT2D eigenvalue weighted by Gasteiger charge is 2.20. The van der Waals surface area contributed by atoms with Gasteiger partial charge in [-0.2, -0.15) is 0 Å². The van der Waals surface area contributed by atoms with Crippen molar-refractivity contribution in [3.63, 3.8) is 0 Å².